The zero-order valence-corrected chi connectivity index (χ0v) is 12.8. The van der Waals surface area contributed by atoms with E-state index in [0.29, 0.717) is 12.1 Å². The van der Waals surface area contributed by atoms with E-state index in [-0.39, 0.29) is 17.9 Å². The van der Waals surface area contributed by atoms with Crippen molar-refractivity contribution < 1.29 is 4.79 Å². The van der Waals surface area contributed by atoms with Crippen molar-refractivity contribution >= 4 is 5.91 Å². The Hall–Kier alpha value is -1.79. The maximum Gasteiger partial charge on any atom is 0.252 e. The van der Waals surface area contributed by atoms with Crippen LogP contribution in [0.1, 0.15) is 48.7 Å². The van der Waals surface area contributed by atoms with Crippen molar-refractivity contribution in [2.45, 2.75) is 34.1 Å². The lowest BCUT2D eigenvalue weighted by Gasteiger charge is -2.23. The molecule has 108 valence electrons. The van der Waals surface area contributed by atoms with Gasteiger partial charge >= 0.3 is 0 Å². The number of carbonyl (C=O) groups is 1. The third-order valence-electron chi connectivity index (χ3n) is 3.43. The van der Waals surface area contributed by atoms with Crippen molar-refractivity contribution in [3.63, 3.8) is 0 Å². The fourth-order valence-electron chi connectivity index (χ4n) is 1.65. The number of hydrogen-bond acceptors (Lipinski definition) is 2. The number of benzene rings is 1. The third-order valence-corrected chi connectivity index (χ3v) is 3.43. The first-order valence-electron chi connectivity index (χ1n) is 6.97. The zero-order chi connectivity index (χ0) is 15.2. The van der Waals surface area contributed by atoms with Crippen molar-refractivity contribution in [1.82, 2.24) is 5.32 Å². The van der Waals surface area contributed by atoms with Gasteiger partial charge in [0, 0.05) is 12.1 Å². The van der Waals surface area contributed by atoms with E-state index in [4.69, 9.17) is 5.73 Å². The Morgan fingerprint density at radius 1 is 1.40 bits per heavy atom. The molecule has 0 aliphatic rings. The number of aryl methyl sites for hydroxylation is 1. The van der Waals surface area contributed by atoms with Gasteiger partial charge in [-0.3, -0.25) is 4.79 Å². The summed E-state index contributed by atoms with van der Waals surface area (Å²) in [5, 5.41) is 2.99. The molecule has 0 spiro atoms. The maximum atomic E-state index is 12.3. The van der Waals surface area contributed by atoms with Crippen LogP contribution in [0.15, 0.2) is 18.2 Å². The molecular weight excluding hydrogens is 248 g/mol. The Labute approximate surface area is 121 Å². The second-order valence-electron chi connectivity index (χ2n) is 5.76. The fraction of sp³-hybridized carbons (Fsp3) is 0.471. The molecule has 0 aromatic heterocycles. The SMILES string of the molecule is CCC(C)(C)CNC(=O)c1ccc(C)cc1C#CCN. The first kappa shape index (κ1) is 16.3. The van der Waals surface area contributed by atoms with Crippen molar-refractivity contribution in [3.8, 4) is 11.8 Å². The minimum absolute atomic E-state index is 0.0761. The van der Waals surface area contributed by atoms with E-state index in [1.165, 1.54) is 0 Å². The van der Waals surface area contributed by atoms with Gasteiger partial charge in [0.2, 0.25) is 0 Å². The van der Waals surface area contributed by atoms with E-state index in [1.807, 2.05) is 25.1 Å². The summed E-state index contributed by atoms with van der Waals surface area (Å²) in [4.78, 5) is 12.3. The average molecular weight is 272 g/mol. The molecule has 0 atom stereocenters. The standard InChI is InChI=1S/C17H24N2O/c1-5-17(3,4)12-19-16(20)15-9-8-13(2)11-14(15)7-6-10-18/h8-9,11H,5,10,12,18H2,1-4H3,(H,19,20). The van der Waals surface area contributed by atoms with Gasteiger partial charge in [-0.1, -0.05) is 38.7 Å². The monoisotopic (exact) mass is 272 g/mol. The minimum Gasteiger partial charge on any atom is -0.351 e. The van der Waals surface area contributed by atoms with Gasteiger partial charge in [0.1, 0.15) is 0 Å². The van der Waals surface area contributed by atoms with Crippen LogP contribution in [0.2, 0.25) is 0 Å². The van der Waals surface area contributed by atoms with E-state index in [9.17, 15) is 4.79 Å². The Morgan fingerprint density at radius 2 is 2.10 bits per heavy atom. The van der Waals surface area contributed by atoms with Crippen LogP contribution in [0.25, 0.3) is 0 Å². The summed E-state index contributed by atoms with van der Waals surface area (Å²) in [5.41, 5.74) is 7.93. The van der Waals surface area contributed by atoms with Crippen LogP contribution in [0.3, 0.4) is 0 Å². The molecule has 0 saturated carbocycles. The van der Waals surface area contributed by atoms with Crippen LogP contribution in [0, 0.1) is 24.2 Å². The van der Waals surface area contributed by atoms with Crippen molar-refractivity contribution in [1.29, 1.82) is 0 Å². The highest BCUT2D eigenvalue weighted by molar-refractivity contribution is 5.96. The van der Waals surface area contributed by atoms with Crippen LogP contribution in [-0.4, -0.2) is 19.0 Å². The van der Waals surface area contributed by atoms with Gasteiger partial charge in [-0.2, -0.15) is 0 Å². The minimum atomic E-state index is -0.0761. The lowest BCUT2D eigenvalue weighted by atomic mass is 9.90. The van der Waals surface area contributed by atoms with E-state index in [2.05, 4.69) is 37.9 Å². The van der Waals surface area contributed by atoms with Crippen molar-refractivity contribution in [2.24, 2.45) is 11.1 Å². The molecule has 1 rings (SSSR count). The number of carbonyl (C=O) groups excluding carboxylic acids is 1. The second kappa shape index (κ2) is 7.12. The summed E-state index contributed by atoms with van der Waals surface area (Å²) in [6, 6.07) is 5.67. The highest BCUT2D eigenvalue weighted by Gasteiger charge is 2.17. The predicted octanol–water partition coefficient (Wildman–Crippen LogP) is 2.47. The number of nitrogens with two attached hydrogens (primary N) is 1. The number of amides is 1. The lowest BCUT2D eigenvalue weighted by Crippen LogP contribution is -2.34. The summed E-state index contributed by atoms with van der Waals surface area (Å²) >= 11 is 0. The molecule has 3 nitrogen and oxygen atoms in total. The van der Waals surface area contributed by atoms with Crippen LogP contribution >= 0.6 is 0 Å². The molecular formula is C17H24N2O. The van der Waals surface area contributed by atoms with Crippen molar-refractivity contribution in [3.05, 3.63) is 34.9 Å². The molecule has 0 bridgehead atoms. The van der Waals surface area contributed by atoms with E-state index < -0.39 is 0 Å². The van der Waals surface area contributed by atoms with E-state index >= 15 is 0 Å². The summed E-state index contributed by atoms with van der Waals surface area (Å²) < 4.78 is 0. The highest BCUT2D eigenvalue weighted by Crippen LogP contribution is 2.18. The molecule has 20 heavy (non-hydrogen) atoms. The topological polar surface area (TPSA) is 55.1 Å². The predicted molar refractivity (Wildman–Crippen MR) is 83.5 cm³/mol. The number of hydrogen-bond donors (Lipinski definition) is 2. The van der Waals surface area contributed by atoms with Crippen molar-refractivity contribution in [2.75, 3.05) is 13.1 Å². The Morgan fingerprint density at radius 3 is 2.70 bits per heavy atom. The smallest absolute Gasteiger partial charge is 0.252 e. The summed E-state index contributed by atoms with van der Waals surface area (Å²) in [6.45, 7) is 9.32. The molecule has 1 aromatic carbocycles. The quantitative estimate of drug-likeness (QED) is 0.827. The highest BCUT2D eigenvalue weighted by atomic mass is 16.1. The molecule has 3 heteroatoms. The van der Waals surface area contributed by atoms with Crippen LogP contribution < -0.4 is 11.1 Å². The molecule has 0 aliphatic heterocycles. The van der Waals surface area contributed by atoms with Gasteiger partial charge in [0.25, 0.3) is 5.91 Å². The molecule has 3 N–H and O–H groups in total. The summed E-state index contributed by atoms with van der Waals surface area (Å²) in [7, 11) is 0. The summed E-state index contributed by atoms with van der Waals surface area (Å²) in [6.07, 6.45) is 1.01. The lowest BCUT2D eigenvalue weighted by molar-refractivity contribution is 0.0935. The third kappa shape index (κ3) is 4.71. The van der Waals surface area contributed by atoms with E-state index in [1.54, 1.807) is 0 Å². The maximum absolute atomic E-state index is 12.3. The molecule has 0 aliphatic carbocycles. The zero-order valence-electron chi connectivity index (χ0n) is 12.8. The molecule has 0 saturated heterocycles. The van der Waals surface area contributed by atoms with Gasteiger partial charge in [0.05, 0.1) is 12.1 Å². The molecule has 0 heterocycles. The molecule has 0 fully saturated rings. The molecule has 1 aromatic rings. The van der Waals surface area contributed by atoms with Gasteiger partial charge in [-0.25, -0.2) is 0 Å². The van der Waals surface area contributed by atoms with Crippen LogP contribution in [0.4, 0.5) is 0 Å². The second-order valence-corrected chi connectivity index (χ2v) is 5.76. The van der Waals surface area contributed by atoms with Crippen LogP contribution in [0.5, 0.6) is 0 Å². The molecule has 0 radical (unpaired) electrons. The number of rotatable bonds is 4. The largest absolute Gasteiger partial charge is 0.351 e. The fourth-order valence-corrected chi connectivity index (χ4v) is 1.65. The normalized spacial score (nSPS) is 10.7. The number of nitrogens with one attached hydrogen (secondary N) is 1. The first-order chi connectivity index (χ1) is 9.39. The molecule has 1 amide bonds. The van der Waals surface area contributed by atoms with E-state index in [0.717, 1.165) is 17.5 Å². The van der Waals surface area contributed by atoms with Gasteiger partial charge < -0.3 is 11.1 Å². The Balaban J connectivity index is 2.92. The summed E-state index contributed by atoms with van der Waals surface area (Å²) in [5.74, 6) is 5.70. The molecule has 0 unspecified atom stereocenters. The first-order valence-corrected chi connectivity index (χ1v) is 6.97. The van der Waals surface area contributed by atoms with Gasteiger partial charge in [-0.05, 0) is 36.5 Å². The Bertz CT molecular complexity index is 536. The van der Waals surface area contributed by atoms with Gasteiger partial charge in [-0.15, -0.1) is 0 Å². The average Bonchev–Trinajstić information content (AvgIpc) is 2.42. The Kier molecular flexibility index (Phi) is 5.79. The van der Waals surface area contributed by atoms with Gasteiger partial charge in [0.15, 0.2) is 0 Å². The van der Waals surface area contributed by atoms with Crippen LogP contribution in [-0.2, 0) is 0 Å².